The molecule has 8 nitrogen and oxygen atoms in total. The van der Waals surface area contributed by atoms with Crippen molar-refractivity contribution in [3.05, 3.63) is 29.3 Å². The highest BCUT2D eigenvalue weighted by atomic mass is 19.1. The van der Waals surface area contributed by atoms with E-state index in [-0.39, 0.29) is 37.1 Å². The largest absolute Gasteiger partial charge is 0.365 e. The van der Waals surface area contributed by atoms with E-state index in [1.807, 2.05) is 11.9 Å². The minimum Gasteiger partial charge on any atom is -0.365 e. The molecule has 0 aromatic heterocycles. The van der Waals surface area contributed by atoms with E-state index in [1.54, 1.807) is 18.2 Å². The molecule has 1 unspecified atom stereocenters. The van der Waals surface area contributed by atoms with E-state index in [4.69, 9.17) is 0 Å². The van der Waals surface area contributed by atoms with Crippen LogP contribution >= 0.6 is 0 Å². The third-order valence-corrected chi connectivity index (χ3v) is 7.47. The molecular weight excluding hydrogens is 427 g/mol. The van der Waals surface area contributed by atoms with E-state index in [0.717, 1.165) is 17.7 Å². The summed E-state index contributed by atoms with van der Waals surface area (Å²) < 4.78 is 15.4. The average molecular weight is 457 g/mol. The van der Waals surface area contributed by atoms with Crippen LogP contribution in [0.5, 0.6) is 0 Å². The molecule has 1 N–H and O–H groups in total. The van der Waals surface area contributed by atoms with Crippen LogP contribution in [0.3, 0.4) is 0 Å². The van der Waals surface area contributed by atoms with Crippen molar-refractivity contribution >= 4 is 29.3 Å². The zero-order valence-electron chi connectivity index (χ0n) is 18.8. The highest BCUT2D eigenvalue weighted by Gasteiger charge is 2.47. The number of nitrogens with zero attached hydrogens (tertiary/aromatic N) is 3. The van der Waals surface area contributed by atoms with Crippen LogP contribution in [0, 0.1) is 0 Å². The summed E-state index contributed by atoms with van der Waals surface area (Å²) in [5.74, 6) is -2.12. The van der Waals surface area contributed by atoms with Gasteiger partial charge in [-0.15, -0.1) is 0 Å². The van der Waals surface area contributed by atoms with E-state index < -0.39 is 35.3 Å². The number of piperidine rings is 1. The number of hydrogen-bond acceptors (Lipinski definition) is 6. The van der Waals surface area contributed by atoms with Gasteiger partial charge in [-0.1, -0.05) is 19.3 Å². The van der Waals surface area contributed by atoms with Crippen LogP contribution in [0.1, 0.15) is 65.7 Å². The molecule has 5 rings (SSSR count). The molecule has 176 valence electrons. The van der Waals surface area contributed by atoms with Crippen LogP contribution in [0.2, 0.25) is 0 Å². The molecule has 1 saturated carbocycles. The molecular formula is C24H29FN4O4. The molecule has 9 heteroatoms. The van der Waals surface area contributed by atoms with Crippen LogP contribution in [0.4, 0.5) is 10.1 Å². The molecule has 0 spiro atoms. The zero-order chi connectivity index (χ0) is 23.3. The molecule has 1 aromatic rings. The maximum Gasteiger partial charge on any atom is 0.262 e. The van der Waals surface area contributed by atoms with E-state index in [2.05, 4.69) is 10.2 Å². The number of fused-ring (bicyclic) bond motifs is 1. The van der Waals surface area contributed by atoms with Gasteiger partial charge in [0.1, 0.15) is 6.04 Å². The summed E-state index contributed by atoms with van der Waals surface area (Å²) in [4.78, 5) is 54.4. The number of carbonyl (C=O) groups excluding carboxylic acids is 4. The van der Waals surface area contributed by atoms with Crippen molar-refractivity contribution in [3.63, 3.8) is 0 Å². The summed E-state index contributed by atoms with van der Waals surface area (Å²) in [5, 5.41) is 2.19. The number of rotatable bonds is 5. The lowest BCUT2D eigenvalue weighted by Crippen LogP contribution is -2.64. The molecule has 3 fully saturated rings. The van der Waals surface area contributed by atoms with Crippen molar-refractivity contribution in [1.29, 1.82) is 0 Å². The summed E-state index contributed by atoms with van der Waals surface area (Å²) in [7, 11) is 2.00. The van der Waals surface area contributed by atoms with Crippen molar-refractivity contribution in [2.75, 3.05) is 31.6 Å². The number of halogens is 1. The van der Waals surface area contributed by atoms with Crippen molar-refractivity contribution in [1.82, 2.24) is 15.1 Å². The standard InChI is InChI=1S/C24H29FN4O4/c1-27(15-5-3-2-4-6-15)12-24(25)13-28(14-24)16-7-8-17-18(11-16)23(33)29(22(17)32)19-9-10-20(30)26-21(19)31/h7-8,11,15,19H,2-6,9-10,12-14H2,1H3,(H,26,30,31). The Kier molecular flexibility index (Phi) is 5.47. The third-order valence-electron chi connectivity index (χ3n) is 7.47. The Bertz CT molecular complexity index is 1020. The van der Waals surface area contributed by atoms with Gasteiger partial charge >= 0.3 is 0 Å². The van der Waals surface area contributed by atoms with Crippen LogP contribution in [0.25, 0.3) is 0 Å². The number of carbonyl (C=O) groups is 4. The lowest BCUT2D eigenvalue weighted by Gasteiger charge is -2.48. The van der Waals surface area contributed by atoms with Gasteiger partial charge in [0, 0.05) is 24.7 Å². The Morgan fingerprint density at radius 1 is 1.03 bits per heavy atom. The predicted octanol–water partition coefficient (Wildman–Crippen LogP) is 1.88. The second-order valence-corrected chi connectivity index (χ2v) is 9.89. The fraction of sp³-hybridized carbons (Fsp3) is 0.583. The Balaban J connectivity index is 1.26. The second-order valence-electron chi connectivity index (χ2n) is 9.89. The molecule has 1 aliphatic carbocycles. The van der Waals surface area contributed by atoms with Gasteiger partial charge in [0.05, 0.1) is 24.2 Å². The number of alkyl halides is 1. The van der Waals surface area contributed by atoms with Crippen molar-refractivity contribution in [2.45, 2.75) is 62.7 Å². The van der Waals surface area contributed by atoms with Crippen molar-refractivity contribution in [2.24, 2.45) is 0 Å². The Morgan fingerprint density at radius 2 is 1.73 bits per heavy atom. The third kappa shape index (κ3) is 3.92. The van der Waals surface area contributed by atoms with Crippen LogP contribution in [0.15, 0.2) is 18.2 Å². The topological polar surface area (TPSA) is 90.0 Å². The second kappa shape index (κ2) is 8.20. The van der Waals surface area contributed by atoms with Crippen molar-refractivity contribution < 1.29 is 23.6 Å². The number of nitrogens with one attached hydrogen (secondary N) is 1. The first-order valence-corrected chi connectivity index (χ1v) is 11.8. The normalized spacial score (nSPS) is 25.4. The summed E-state index contributed by atoms with van der Waals surface area (Å²) in [6.45, 7) is 0.865. The molecule has 0 bridgehead atoms. The van der Waals surface area contributed by atoms with Crippen molar-refractivity contribution in [3.8, 4) is 0 Å². The molecule has 2 saturated heterocycles. The average Bonchev–Trinajstić information content (AvgIpc) is 3.02. The van der Waals surface area contributed by atoms with Gasteiger partial charge in [-0.3, -0.25) is 29.4 Å². The number of amides is 4. The van der Waals surface area contributed by atoms with Crippen LogP contribution in [-0.4, -0.2) is 77.9 Å². The maximum atomic E-state index is 15.4. The monoisotopic (exact) mass is 456 g/mol. The first-order chi connectivity index (χ1) is 15.8. The van der Waals surface area contributed by atoms with Gasteiger partial charge in [-0.25, -0.2) is 4.39 Å². The minimum absolute atomic E-state index is 0.0801. The first kappa shape index (κ1) is 22.0. The summed E-state index contributed by atoms with van der Waals surface area (Å²) in [6.07, 6.45) is 6.13. The maximum absolute atomic E-state index is 15.4. The Hall–Kier alpha value is -2.81. The Labute approximate surface area is 192 Å². The van der Waals surface area contributed by atoms with Gasteiger partial charge in [0.15, 0.2) is 5.67 Å². The fourth-order valence-corrected chi connectivity index (χ4v) is 5.67. The number of hydrogen-bond donors (Lipinski definition) is 1. The van der Waals surface area contributed by atoms with Gasteiger partial charge < -0.3 is 9.80 Å². The Morgan fingerprint density at radius 3 is 2.42 bits per heavy atom. The zero-order valence-corrected chi connectivity index (χ0v) is 18.8. The minimum atomic E-state index is -1.30. The van der Waals surface area contributed by atoms with Crippen LogP contribution in [-0.2, 0) is 9.59 Å². The molecule has 1 aromatic carbocycles. The quantitative estimate of drug-likeness (QED) is 0.681. The molecule has 4 aliphatic rings. The lowest BCUT2D eigenvalue weighted by atomic mass is 9.90. The summed E-state index contributed by atoms with van der Waals surface area (Å²) in [6, 6.07) is 4.37. The fourth-order valence-electron chi connectivity index (χ4n) is 5.67. The molecule has 3 heterocycles. The first-order valence-electron chi connectivity index (χ1n) is 11.8. The SMILES string of the molecule is CN(CC1(F)CN(c2ccc3c(c2)C(=O)N(C2CCC(=O)NC2=O)C3=O)C1)C1CCCCC1. The van der Waals surface area contributed by atoms with Crippen LogP contribution < -0.4 is 10.2 Å². The van der Waals surface area contributed by atoms with E-state index in [0.29, 0.717) is 18.3 Å². The van der Waals surface area contributed by atoms with Gasteiger partial charge in [-0.05, 0) is 44.5 Å². The molecule has 1 atom stereocenters. The van der Waals surface area contributed by atoms with Gasteiger partial charge in [0.2, 0.25) is 11.8 Å². The number of benzene rings is 1. The molecule has 4 amide bonds. The summed E-state index contributed by atoms with van der Waals surface area (Å²) in [5.41, 5.74) is -0.159. The smallest absolute Gasteiger partial charge is 0.262 e. The number of imide groups is 2. The number of anilines is 1. The lowest BCUT2D eigenvalue weighted by molar-refractivity contribution is -0.136. The highest BCUT2D eigenvalue weighted by molar-refractivity contribution is 6.23. The summed E-state index contributed by atoms with van der Waals surface area (Å²) >= 11 is 0. The van der Waals surface area contributed by atoms with E-state index >= 15 is 4.39 Å². The highest BCUT2D eigenvalue weighted by Crippen LogP contribution is 2.36. The molecule has 33 heavy (non-hydrogen) atoms. The van der Waals surface area contributed by atoms with E-state index in [1.165, 1.54) is 19.3 Å². The molecule has 0 radical (unpaired) electrons. The molecule has 3 aliphatic heterocycles. The van der Waals surface area contributed by atoms with Gasteiger partial charge in [-0.2, -0.15) is 0 Å². The van der Waals surface area contributed by atoms with E-state index in [9.17, 15) is 19.2 Å². The predicted molar refractivity (Wildman–Crippen MR) is 119 cm³/mol. The van der Waals surface area contributed by atoms with Gasteiger partial charge in [0.25, 0.3) is 11.8 Å².